The summed E-state index contributed by atoms with van der Waals surface area (Å²) < 4.78 is 7.29. The van der Waals surface area contributed by atoms with Crippen molar-refractivity contribution >= 4 is 18.3 Å². The number of nitrogens with zero attached hydrogens (tertiary/aromatic N) is 3. The standard InChI is InChI=1S/C15H23N3O2S/c1-14(2)9-17(5-6-20-14)12-7-13(19)18(16-8-12)10-15(11-21)3-4-15/h7-8,21H,3-6,9-11H2,1-2H3. The van der Waals surface area contributed by atoms with Crippen LogP contribution in [-0.4, -0.2) is 40.8 Å². The van der Waals surface area contributed by atoms with Crippen molar-refractivity contribution in [2.45, 2.75) is 38.8 Å². The Bertz CT molecular complexity index is 581. The van der Waals surface area contributed by atoms with Gasteiger partial charge in [0.15, 0.2) is 0 Å². The van der Waals surface area contributed by atoms with Crippen LogP contribution in [0, 0.1) is 5.41 Å². The van der Waals surface area contributed by atoms with Crippen LogP contribution in [0.4, 0.5) is 5.69 Å². The predicted octanol–water partition coefficient (Wildman–Crippen LogP) is 1.57. The zero-order valence-electron chi connectivity index (χ0n) is 12.7. The van der Waals surface area contributed by atoms with Crippen molar-refractivity contribution < 1.29 is 4.74 Å². The number of aromatic nitrogens is 2. The minimum atomic E-state index is -0.183. The van der Waals surface area contributed by atoms with Crippen molar-refractivity contribution in [3.63, 3.8) is 0 Å². The summed E-state index contributed by atoms with van der Waals surface area (Å²) in [6, 6.07) is 1.70. The van der Waals surface area contributed by atoms with Gasteiger partial charge in [0.2, 0.25) is 0 Å². The highest BCUT2D eigenvalue weighted by Crippen LogP contribution is 2.47. The van der Waals surface area contributed by atoms with Gasteiger partial charge >= 0.3 is 0 Å². The number of ether oxygens (including phenoxy) is 1. The average molecular weight is 309 g/mol. The lowest BCUT2D eigenvalue weighted by Gasteiger charge is -2.39. The number of morpholine rings is 1. The Balaban J connectivity index is 1.76. The third-order valence-corrected chi connectivity index (χ3v) is 5.09. The first-order chi connectivity index (χ1) is 9.93. The molecule has 0 amide bonds. The lowest BCUT2D eigenvalue weighted by atomic mass is 10.1. The lowest BCUT2D eigenvalue weighted by molar-refractivity contribution is -0.0277. The Kier molecular flexibility index (Phi) is 3.78. The van der Waals surface area contributed by atoms with Crippen molar-refractivity contribution in [1.82, 2.24) is 9.78 Å². The van der Waals surface area contributed by atoms with Crippen molar-refractivity contribution in [1.29, 1.82) is 0 Å². The summed E-state index contributed by atoms with van der Waals surface area (Å²) in [5.41, 5.74) is 0.882. The number of rotatable bonds is 4. The molecule has 1 saturated carbocycles. The van der Waals surface area contributed by atoms with E-state index in [1.165, 1.54) is 0 Å². The van der Waals surface area contributed by atoms with E-state index >= 15 is 0 Å². The molecule has 2 fully saturated rings. The van der Waals surface area contributed by atoms with E-state index in [0.717, 1.165) is 37.4 Å². The van der Waals surface area contributed by atoms with E-state index in [9.17, 15) is 4.79 Å². The van der Waals surface area contributed by atoms with Gasteiger partial charge in [-0.3, -0.25) is 4.79 Å². The third kappa shape index (κ3) is 3.26. The Labute approximate surface area is 130 Å². The molecule has 0 atom stereocenters. The molecule has 0 unspecified atom stereocenters. The van der Waals surface area contributed by atoms with E-state index < -0.39 is 0 Å². The van der Waals surface area contributed by atoms with Gasteiger partial charge in [-0.1, -0.05) is 0 Å². The maximum atomic E-state index is 12.3. The summed E-state index contributed by atoms with van der Waals surface area (Å²) in [7, 11) is 0. The molecule has 2 aliphatic rings. The number of anilines is 1. The van der Waals surface area contributed by atoms with Crippen LogP contribution in [0.1, 0.15) is 26.7 Å². The normalized spacial score (nSPS) is 23.1. The maximum absolute atomic E-state index is 12.3. The molecule has 1 aliphatic carbocycles. The van der Waals surface area contributed by atoms with Gasteiger partial charge in [0, 0.05) is 19.2 Å². The Hall–Kier alpha value is -1.01. The molecule has 1 aliphatic heterocycles. The summed E-state index contributed by atoms with van der Waals surface area (Å²) in [6.45, 7) is 7.08. The van der Waals surface area contributed by atoms with Crippen molar-refractivity contribution in [3.05, 3.63) is 22.6 Å². The Morgan fingerprint density at radius 3 is 2.76 bits per heavy atom. The summed E-state index contributed by atoms with van der Waals surface area (Å²) in [5, 5.41) is 4.36. The molecule has 3 rings (SSSR count). The fourth-order valence-electron chi connectivity index (χ4n) is 2.81. The molecule has 21 heavy (non-hydrogen) atoms. The zero-order chi connectivity index (χ0) is 15.1. The number of hydrogen-bond donors (Lipinski definition) is 1. The molecule has 116 valence electrons. The lowest BCUT2D eigenvalue weighted by Crippen LogP contribution is -2.48. The highest BCUT2D eigenvalue weighted by molar-refractivity contribution is 7.80. The topological polar surface area (TPSA) is 47.4 Å². The van der Waals surface area contributed by atoms with Crippen LogP contribution >= 0.6 is 12.6 Å². The Morgan fingerprint density at radius 2 is 2.19 bits per heavy atom. The monoisotopic (exact) mass is 309 g/mol. The van der Waals surface area contributed by atoms with Crippen LogP contribution < -0.4 is 10.5 Å². The molecule has 0 bridgehead atoms. The van der Waals surface area contributed by atoms with Gasteiger partial charge in [-0.25, -0.2) is 4.68 Å². The van der Waals surface area contributed by atoms with Gasteiger partial charge in [0.1, 0.15) is 0 Å². The van der Waals surface area contributed by atoms with E-state index in [1.54, 1.807) is 16.9 Å². The van der Waals surface area contributed by atoms with Gasteiger partial charge in [-0.2, -0.15) is 17.7 Å². The number of hydrogen-bond acceptors (Lipinski definition) is 5. The minimum Gasteiger partial charge on any atom is -0.372 e. The molecule has 1 aromatic rings. The first-order valence-electron chi connectivity index (χ1n) is 7.50. The van der Waals surface area contributed by atoms with Gasteiger partial charge in [-0.15, -0.1) is 0 Å². The van der Waals surface area contributed by atoms with Crippen molar-refractivity contribution in [2.75, 3.05) is 30.3 Å². The van der Waals surface area contributed by atoms with E-state index in [0.29, 0.717) is 13.2 Å². The Morgan fingerprint density at radius 1 is 1.43 bits per heavy atom. The molecule has 0 aromatic carbocycles. The quantitative estimate of drug-likeness (QED) is 0.858. The molecule has 2 heterocycles. The summed E-state index contributed by atoms with van der Waals surface area (Å²) in [6.07, 6.45) is 4.09. The summed E-state index contributed by atoms with van der Waals surface area (Å²) in [5.74, 6) is 0.820. The average Bonchev–Trinajstić information content (AvgIpc) is 3.20. The molecule has 5 nitrogen and oxygen atoms in total. The summed E-state index contributed by atoms with van der Waals surface area (Å²) in [4.78, 5) is 14.5. The van der Waals surface area contributed by atoms with Gasteiger partial charge < -0.3 is 9.64 Å². The van der Waals surface area contributed by atoms with E-state index in [1.807, 2.05) is 0 Å². The largest absolute Gasteiger partial charge is 0.372 e. The fraction of sp³-hybridized carbons (Fsp3) is 0.733. The molecule has 0 radical (unpaired) electrons. The highest BCUT2D eigenvalue weighted by Gasteiger charge is 2.42. The minimum absolute atomic E-state index is 0.0233. The molecule has 6 heteroatoms. The van der Waals surface area contributed by atoms with E-state index in [-0.39, 0.29) is 16.6 Å². The smallest absolute Gasteiger partial charge is 0.268 e. The van der Waals surface area contributed by atoms with Gasteiger partial charge in [0.25, 0.3) is 5.56 Å². The molecule has 0 spiro atoms. The van der Waals surface area contributed by atoms with E-state index in [4.69, 9.17) is 4.74 Å². The zero-order valence-corrected chi connectivity index (χ0v) is 13.6. The second kappa shape index (κ2) is 5.32. The highest BCUT2D eigenvalue weighted by atomic mass is 32.1. The van der Waals surface area contributed by atoms with Gasteiger partial charge in [0.05, 0.1) is 30.6 Å². The first-order valence-corrected chi connectivity index (χ1v) is 8.13. The third-order valence-electron chi connectivity index (χ3n) is 4.42. The molecular weight excluding hydrogens is 286 g/mol. The second-order valence-electron chi connectivity index (χ2n) is 6.90. The van der Waals surface area contributed by atoms with Crippen LogP contribution in [0.3, 0.4) is 0 Å². The second-order valence-corrected chi connectivity index (χ2v) is 7.21. The van der Waals surface area contributed by atoms with Crippen molar-refractivity contribution in [3.8, 4) is 0 Å². The first kappa shape index (κ1) is 14.9. The van der Waals surface area contributed by atoms with Crippen LogP contribution in [0.25, 0.3) is 0 Å². The maximum Gasteiger partial charge on any atom is 0.268 e. The number of thiol groups is 1. The predicted molar refractivity (Wildman–Crippen MR) is 86.3 cm³/mol. The molecular formula is C15H23N3O2S. The molecule has 1 saturated heterocycles. The molecule has 0 N–H and O–H groups in total. The van der Waals surface area contributed by atoms with Crippen LogP contribution in [-0.2, 0) is 11.3 Å². The van der Waals surface area contributed by atoms with Crippen LogP contribution in [0.5, 0.6) is 0 Å². The van der Waals surface area contributed by atoms with Crippen LogP contribution in [0.15, 0.2) is 17.1 Å². The fourth-order valence-corrected chi connectivity index (χ4v) is 3.23. The van der Waals surface area contributed by atoms with Crippen LogP contribution in [0.2, 0.25) is 0 Å². The van der Waals surface area contributed by atoms with Gasteiger partial charge in [-0.05, 0) is 37.9 Å². The molecule has 1 aromatic heterocycles. The SMILES string of the molecule is CC1(C)CN(c2cnn(CC3(CS)CC3)c(=O)c2)CCO1. The van der Waals surface area contributed by atoms with Crippen molar-refractivity contribution in [2.24, 2.45) is 5.41 Å². The summed E-state index contributed by atoms with van der Waals surface area (Å²) >= 11 is 4.39. The van der Waals surface area contributed by atoms with E-state index in [2.05, 4.69) is 36.5 Å².